The van der Waals surface area contributed by atoms with E-state index in [1.54, 1.807) is 36.4 Å². The number of amides is 1. The first-order valence-corrected chi connectivity index (χ1v) is 17.9. The second kappa shape index (κ2) is 12.8. The maximum Gasteiger partial charge on any atom is 0.390 e. The fourth-order valence-corrected chi connectivity index (χ4v) is 8.12. The van der Waals surface area contributed by atoms with E-state index in [1.807, 2.05) is 18.0 Å². The molecule has 2 unspecified atom stereocenters. The van der Waals surface area contributed by atoms with Gasteiger partial charge in [-0.2, -0.15) is 13.2 Å². The molecule has 0 bridgehead atoms. The molecule has 18 heteroatoms. The van der Waals surface area contributed by atoms with Crippen molar-refractivity contribution in [1.82, 2.24) is 29.7 Å². The van der Waals surface area contributed by atoms with E-state index < -0.39 is 49.2 Å². The molecule has 3 N–H and O–H groups in total. The number of hydrogen-bond donors (Lipinski definition) is 2. The van der Waals surface area contributed by atoms with Gasteiger partial charge in [-0.05, 0) is 48.3 Å². The monoisotopic (exact) mass is 685 g/mol. The number of benzene rings is 2. The Bertz CT molecular complexity index is 1920. The highest BCUT2D eigenvalue weighted by Gasteiger charge is 2.40. The van der Waals surface area contributed by atoms with Gasteiger partial charge in [-0.1, -0.05) is 18.2 Å². The molecule has 2 atom stereocenters. The number of carbonyl (C=O) groups excluding carboxylic acids is 1. The molecule has 1 aliphatic heterocycles. The van der Waals surface area contributed by atoms with Crippen LogP contribution in [0.1, 0.15) is 38.8 Å². The smallest absolute Gasteiger partial charge is 0.390 e. The van der Waals surface area contributed by atoms with Crippen molar-refractivity contribution in [3.63, 3.8) is 0 Å². The minimum atomic E-state index is -4.72. The number of hydrogen-bond acceptors (Lipinski definition) is 10. The van der Waals surface area contributed by atoms with Crippen LogP contribution >= 0.6 is 11.3 Å². The van der Waals surface area contributed by atoms with E-state index in [-0.39, 0.29) is 23.4 Å². The molecule has 1 amide bonds. The molecule has 242 valence electrons. The molecule has 3 heterocycles. The lowest BCUT2D eigenvalue weighted by molar-refractivity contribution is -0.129. The number of nitrogens with zero attached hydrogens (tertiary/aromatic N) is 5. The van der Waals surface area contributed by atoms with Gasteiger partial charge in [0.1, 0.15) is 5.01 Å². The number of alkyl halides is 3. The van der Waals surface area contributed by atoms with Gasteiger partial charge in [-0.3, -0.25) is 4.79 Å². The lowest BCUT2D eigenvalue weighted by atomic mass is 10.0. The summed E-state index contributed by atoms with van der Waals surface area (Å²) in [5.41, 5.74) is 2.41. The van der Waals surface area contributed by atoms with E-state index >= 15 is 0 Å². The van der Waals surface area contributed by atoms with Crippen LogP contribution in [0.4, 0.5) is 13.2 Å². The fourth-order valence-electron chi connectivity index (χ4n) is 4.67. The summed E-state index contributed by atoms with van der Waals surface area (Å²) in [7, 11) is -5.70. The zero-order valence-corrected chi connectivity index (χ0v) is 26.4. The molecule has 45 heavy (non-hydrogen) atoms. The first-order valence-electron chi connectivity index (χ1n) is 13.6. The van der Waals surface area contributed by atoms with E-state index in [9.17, 15) is 30.6 Å². The molecular weight excluding hydrogens is 656 g/mol. The van der Waals surface area contributed by atoms with Crippen molar-refractivity contribution >= 4 is 53.1 Å². The molecule has 2 aromatic carbocycles. The van der Waals surface area contributed by atoms with Gasteiger partial charge < -0.3 is 14.2 Å². The topological polar surface area (TPSA) is 165 Å². The average Bonchev–Trinajstić information content (AvgIpc) is 3.61. The zero-order valence-electron chi connectivity index (χ0n) is 24.0. The van der Waals surface area contributed by atoms with Gasteiger partial charge >= 0.3 is 6.18 Å². The van der Waals surface area contributed by atoms with Crippen LogP contribution in [0.5, 0.6) is 0 Å². The number of carbonyl (C=O) groups is 1. The second-order valence-electron chi connectivity index (χ2n) is 10.6. The van der Waals surface area contributed by atoms with Crippen molar-refractivity contribution in [2.24, 2.45) is 5.14 Å². The number of aromatic nitrogens is 3. The van der Waals surface area contributed by atoms with Crippen molar-refractivity contribution in [2.45, 2.75) is 24.4 Å². The summed E-state index contributed by atoms with van der Waals surface area (Å²) in [6, 6.07) is 12.4. The van der Waals surface area contributed by atoms with E-state index in [2.05, 4.69) is 30.7 Å². The molecule has 1 aliphatic rings. The number of sulfone groups is 1. The van der Waals surface area contributed by atoms with E-state index in [0.717, 1.165) is 35.6 Å². The van der Waals surface area contributed by atoms with Crippen molar-refractivity contribution < 1.29 is 35.0 Å². The summed E-state index contributed by atoms with van der Waals surface area (Å²) >= 11 is 0.959. The molecule has 12 nitrogen and oxygen atoms in total. The average molecular weight is 686 g/mol. The highest BCUT2D eigenvalue weighted by molar-refractivity contribution is 7.96. The van der Waals surface area contributed by atoms with Crippen molar-refractivity contribution in [3.05, 3.63) is 64.8 Å². The minimum absolute atomic E-state index is 0.0636. The molecule has 2 aromatic heterocycles. The number of likely N-dealkylation sites (N-methyl/N-ethyl adjacent to an activating group) is 1. The third-order valence-electron chi connectivity index (χ3n) is 7.07. The Morgan fingerprint density at radius 3 is 2.51 bits per heavy atom. The van der Waals surface area contributed by atoms with Crippen molar-refractivity contribution in [2.75, 3.05) is 39.0 Å². The van der Waals surface area contributed by atoms with Crippen LogP contribution in [-0.2, 0) is 26.3 Å². The fraction of sp³-hybridized carbons (Fsp3) is 0.370. The van der Waals surface area contributed by atoms with Crippen LogP contribution in [0, 0.1) is 0 Å². The second-order valence-corrected chi connectivity index (χ2v) is 15.6. The van der Waals surface area contributed by atoms with Gasteiger partial charge in [-0.25, -0.2) is 27.5 Å². The predicted molar refractivity (Wildman–Crippen MR) is 165 cm³/mol. The highest BCUT2D eigenvalue weighted by atomic mass is 32.2. The van der Waals surface area contributed by atoms with Gasteiger partial charge in [0.15, 0.2) is 15.1 Å². The van der Waals surface area contributed by atoms with Crippen LogP contribution in [0.15, 0.2) is 46.9 Å². The van der Waals surface area contributed by atoms with Crippen LogP contribution in [0.2, 0.25) is 0 Å². The van der Waals surface area contributed by atoms with Crippen LogP contribution in [0.3, 0.4) is 0 Å². The van der Waals surface area contributed by atoms with E-state index in [1.165, 1.54) is 0 Å². The molecule has 4 aromatic rings. The Morgan fingerprint density at radius 2 is 1.82 bits per heavy atom. The molecular formula is C27H30F3N7O5S3. The lowest BCUT2D eigenvalue weighted by Gasteiger charge is -2.32. The Balaban J connectivity index is 1.47. The number of piperazine rings is 1. The van der Waals surface area contributed by atoms with Gasteiger partial charge in [-0.15, -0.1) is 21.5 Å². The summed E-state index contributed by atoms with van der Waals surface area (Å²) in [6.45, 7) is 2.51. The summed E-state index contributed by atoms with van der Waals surface area (Å²) in [4.78, 5) is 21.5. The molecule has 1 saturated heterocycles. The van der Waals surface area contributed by atoms with Crippen molar-refractivity contribution in [1.29, 1.82) is 0 Å². The SMILES string of the molecule is C=S(N)(=O)NCc1nnc(C(c2nc3ccc(-c4cccc(C(=O)N5CCN(C)CC5)c4)cc3s2)S(=O)(=O)CCC(F)(F)F)o1. The van der Waals surface area contributed by atoms with Crippen LogP contribution in [-0.4, -0.2) is 94.5 Å². The molecule has 1 fully saturated rings. The quantitative estimate of drug-likeness (QED) is 0.239. The first-order chi connectivity index (χ1) is 21.1. The Labute approximate surface area is 261 Å². The number of nitrogens with two attached hydrogens (primary N) is 1. The summed E-state index contributed by atoms with van der Waals surface area (Å²) < 4.78 is 85.8. The maximum absolute atomic E-state index is 13.3. The van der Waals surface area contributed by atoms with E-state index in [0.29, 0.717) is 28.9 Å². The number of nitrogens with one attached hydrogen (secondary N) is 1. The number of fused-ring (bicyclic) bond motifs is 1. The van der Waals surface area contributed by atoms with Gasteiger partial charge in [0.25, 0.3) is 5.91 Å². The Kier molecular flexibility index (Phi) is 9.35. The predicted octanol–water partition coefficient (Wildman–Crippen LogP) is 2.79. The number of rotatable bonds is 10. The Morgan fingerprint density at radius 1 is 1.11 bits per heavy atom. The van der Waals surface area contributed by atoms with Crippen molar-refractivity contribution in [3.8, 4) is 11.1 Å². The largest absolute Gasteiger partial charge is 0.422 e. The maximum atomic E-state index is 13.3. The lowest BCUT2D eigenvalue weighted by Crippen LogP contribution is -2.47. The zero-order chi connectivity index (χ0) is 32.6. The summed E-state index contributed by atoms with van der Waals surface area (Å²) in [5.74, 6) is 1.23. The molecule has 0 aliphatic carbocycles. The molecule has 0 saturated carbocycles. The third kappa shape index (κ3) is 8.25. The number of thiazole rings is 1. The normalized spacial score (nSPS) is 17.0. The van der Waals surface area contributed by atoms with Crippen LogP contribution in [0.25, 0.3) is 21.3 Å². The molecule has 0 spiro atoms. The summed E-state index contributed by atoms with van der Waals surface area (Å²) in [5, 5.41) is 11.0. The molecule has 5 rings (SSSR count). The summed E-state index contributed by atoms with van der Waals surface area (Å²) in [6.07, 6.45) is -6.30. The third-order valence-corrected chi connectivity index (χ3v) is 10.8. The number of halogens is 3. The van der Waals surface area contributed by atoms with E-state index in [4.69, 9.17) is 9.56 Å². The molecule has 0 radical (unpaired) electrons. The van der Waals surface area contributed by atoms with Gasteiger partial charge in [0.05, 0.1) is 38.8 Å². The minimum Gasteiger partial charge on any atom is -0.422 e. The standard InChI is InChI=1S/C27H30F3N7O5S3/c1-36-9-11-37(12-10-36)26(38)19-5-3-4-17(14-19)18-6-7-20-21(15-18)43-25(33-20)23(45(40,41)13-8-27(28,29)30)24-35-34-22(42-24)16-32-44(2,31)39/h3-7,14-15,23H,2,8-13,16H2,1H3,(H3,31,32,39). The Hall–Kier alpha value is -3.42. The van der Waals surface area contributed by atoms with Crippen LogP contribution < -0.4 is 9.86 Å². The van der Waals surface area contributed by atoms with Gasteiger partial charge in [0, 0.05) is 31.7 Å². The highest BCUT2D eigenvalue weighted by Crippen LogP contribution is 2.38. The first kappa shape index (κ1) is 33.0. The van der Waals surface area contributed by atoms with Gasteiger partial charge in [0.2, 0.25) is 11.8 Å².